The molecule has 0 N–H and O–H groups in total. The van der Waals surface area contributed by atoms with E-state index < -0.39 is 0 Å². The van der Waals surface area contributed by atoms with Crippen molar-refractivity contribution >= 4 is 11.6 Å². The Kier molecular flexibility index (Phi) is 3.49. The van der Waals surface area contributed by atoms with E-state index in [1.807, 2.05) is 18.2 Å². The minimum Gasteiger partial charge on any atom is -0.496 e. The third-order valence-corrected chi connectivity index (χ3v) is 3.09. The van der Waals surface area contributed by atoms with Crippen LogP contribution in [0.15, 0.2) is 18.2 Å². The lowest BCUT2D eigenvalue weighted by Gasteiger charge is -2.24. The number of ether oxygens (including phenoxy) is 2. The molecule has 0 aliphatic carbocycles. The van der Waals surface area contributed by atoms with Gasteiger partial charge in [-0.2, -0.15) is 0 Å². The average Bonchev–Trinajstić information content (AvgIpc) is 2.30. The van der Waals surface area contributed by atoms with Crippen LogP contribution in [0, 0.1) is 0 Å². The summed E-state index contributed by atoms with van der Waals surface area (Å²) in [5.74, 6) is 1.46. The Morgan fingerprint density at radius 3 is 2.73 bits per heavy atom. The zero-order valence-electron chi connectivity index (χ0n) is 8.83. The van der Waals surface area contributed by atoms with E-state index in [9.17, 15) is 0 Å². The summed E-state index contributed by atoms with van der Waals surface area (Å²) >= 11 is 6.01. The van der Waals surface area contributed by atoms with Gasteiger partial charge in [-0.15, -0.1) is 0 Å². The molecule has 3 heteroatoms. The number of methoxy groups -OCH3 is 1. The minimum atomic E-state index is 0.521. The van der Waals surface area contributed by atoms with Crippen LogP contribution in [0.3, 0.4) is 0 Å². The molecule has 82 valence electrons. The molecule has 2 rings (SSSR count). The Morgan fingerprint density at radius 1 is 1.33 bits per heavy atom. The number of hydrogen-bond donors (Lipinski definition) is 0. The van der Waals surface area contributed by atoms with Gasteiger partial charge in [-0.1, -0.05) is 11.6 Å². The molecule has 0 unspecified atom stereocenters. The highest BCUT2D eigenvalue weighted by Crippen LogP contribution is 2.35. The number of hydrogen-bond acceptors (Lipinski definition) is 2. The van der Waals surface area contributed by atoms with E-state index in [0.717, 1.165) is 36.8 Å². The predicted molar refractivity (Wildman–Crippen MR) is 60.8 cm³/mol. The first-order chi connectivity index (χ1) is 7.31. The van der Waals surface area contributed by atoms with E-state index in [1.165, 1.54) is 5.56 Å². The molecule has 2 nitrogen and oxygen atoms in total. The molecular formula is C12H15ClO2. The van der Waals surface area contributed by atoms with Crippen LogP contribution in [0.1, 0.15) is 24.3 Å². The van der Waals surface area contributed by atoms with Gasteiger partial charge in [-0.05, 0) is 42.5 Å². The van der Waals surface area contributed by atoms with Gasteiger partial charge in [0.15, 0.2) is 0 Å². The summed E-state index contributed by atoms with van der Waals surface area (Å²) in [7, 11) is 1.70. The van der Waals surface area contributed by atoms with Crippen molar-refractivity contribution < 1.29 is 9.47 Å². The second-order valence-electron chi connectivity index (χ2n) is 3.77. The fourth-order valence-electron chi connectivity index (χ4n) is 2.03. The monoisotopic (exact) mass is 226 g/mol. The number of benzene rings is 1. The quantitative estimate of drug-likeness (QED) is 0.771. The third-order valence-electron chi connectivity index (χ3n) is 2.85. The SMILES string of the molecule is COc1ccc(Cl)cc1C1CCOCC1. The summed E-state index contributed by atoms with van der Waals surface area (Å²) in [5, 5.41) is 0.775. The van der Waals surface area contributed by atoms with Crippen molar-refractivity contribution in [1.29, 1.82) is 0 Å². The lowest BCUT2D eigenvalue weighted by atomic mass is 9.91. The van der Waals surface area contributed by atoms with Crippen molar-refractivity contribution in [2.24, 2.45) is 0 Å². The standard InChI is InChI=1S/C12H15ClO2/c1-14-12-3-2-10(13)8-11(12)9-4-6-15-7-5-9/h2-3,8-9H,4-7H2,1H3. The van der Waals surface area contributed by atoms with Crippen molar-refractivity contribution in [3.05, 3.63) is 28.8 Å². The van der Waals surface area contributed by atoms with Crippen molar-refractivity contribution in [1.82, 2.24) is 0 Å². The van der Waals surface area contributed by atoms with Crippen molar-refractivity contribution in [3.63, 3.8) is 0 Å². The summed E-state index contributed by atoms with van der Waals surface area (Å²) < 4.78 is 10.7. The first-order valence-electron chi connectivity index (χ1n) is 5.22. The highest BCUT2D eigenvalue weighted by Gasteiger charge is 2.19. The lowest BCUT2D eigenvalue weighted by molar-refractivity contribution is 0.0848. The first-order valence-corrected chi connectivity index (χ1v) is 5.60. The average molecular weight is 227 g/mol. The van der Waals surface area contributed by atoms with Gasteiger partial charge in [-0.3, -0.25) is 0 Å². The van der Waals surface area contributed by atoms with Crippen LogP contribution in [0.5, 0.6) is 5.75 Å². The van der Waals surface area contributed by atoms with Crippen molar-refractivity contribution in [2.45, 2.75) is 18.8 Å². The molecule has 1 aromatic carbocycles. The molecular weight excluding hydrogens is 212 g/mol. The molecule has 0 amide bonds. The van der Waals surface area contributed by atoms with Gasteiger partial charge in [0, 0.05) is 18.2 Å². The maximum atomic E-state index is 6.01. The van der Waals surface area contributed by atoms with Gasteiger partial charge in [0.25, 0.3) is 0 Å². The van der Waals surface area contributed by atoms with Gasteiger partial charge < -0.3 is 9.47 Å². The Bertz CT molecular complexity index is 332. The van der Waals surface area contributed by atoms with Gasteiger partial charge in [-0.25, -0.2) is 0 Å². The molecule has 1 heterocycles. The fourth-order valence-corrected chi connectivity index (χ4v) is 2.21. The van der Waals surface area contributed by atoms with E-state index in [2.05, 4.69) is 0 Å². The predicted octanol–water partition coefficient (Wildman–Crippen LogP) is 3.24. The summed E-state index contributed by atoms with van der Waals surface area (Å²) in [6.07, 6.45) is 2.10. The van der Waals surface area contributed by atoms with Crippen LogP contribution in [-0.4, -0.2) is 20.3 Å². The van der Waals surface area contributed by atoms with Gasteiger partial charge in [0.1, 0.15) is 5.75 Å². The largest absolute Gasteiger partial charge is 0.496 e. The molecule has 0 bridgehead atoms. The van der Waals surface area contributed by atoms with Crippen LogP contribution < -0.4 is 4.74 Å². The molecule has 1 saturated heterocycles. The Hall–Kier alpha value is -0.730. The highest BCUT2D eigenvalue weighted by molar-refractivity contribution is 6.30. The summed E-state index contributed by atoms with van der Waals surface area (Å²) in [6, 6.07) is 5.81. The molecule has 0 spiro atoms. The maximum absolute atomic E-state index is 6.01. The highest BCUT2D eigenvalue weighted by atomic mass is 35.5. The smallest absolute Gasteiger partial charge is 0.122 e. The zero-order valence-corrected chi connectivity index (χ0v) is 9.59. The number of rotatable bonds is 2. The molecule has 1 aliphatic rings. The minimum absolute atomic E-state index is 0.521. The first kappa shape index (κ1) is 10.8. The molecule has 0 atom stereocenters. The molecule has 15 heavy (non-hydrogen) atoms. The topological polar surface area (TPSA) is 18.5 Å². The van der Waals surface area contributed by atoms with E-state index in [0.29, 0.717) is 5.92 Å². The second kappa shape index (κ2) is 4.86. The van der Waals surface area contributed by atoms with Crippen LogP contribution in [-0.2, 0) is 4.74 Å². The van der Waals surface area contributed by atoms with Crippen molar-refractivity contribution in [3.8, 4) is 5.75 Å². The van der Waals surface area contributed by atoms with Crippen LogP contribution in [0.2, 0.25) is 5.02 Å². The van der Waals surface area contributed by atoms with Gasteiger partial charge in [0.2, 0.25) is 0 Å². The molecule has 0 aromatic heterocycles. The van der Waals surface area contributed by atoms with Crippen molar-refractivity contribution in [2.75, 3.05) is 20.3 Å². The Labute approximate surface area is 95.1 Å². The lowest BCUT2D eigenvalue weighted by Crippen LogP contribution is -2.14. The summed E-state index contributed by atoms with van der Waals surface area (Å²) in [4.78, 5) is 0. The van der Waals surface area contributed by atoms with Crippen LogP contribution in [0.25, 0.3) is 0 Å². The van der Waals surface area contributed by atoms with Gasteiger partial charge in [0.05, 0.1) is 7.11 Å². The van der Waals surface area contributed by atoms with E-state index in [1.54, 1.807) is 7.11 Å². The van der Waals surface area contributed by atoms with Gasteiger partial charge >= 0.3 is 0 Å². The zero-order chi connectivity index (χ0) is 10.7. The third kappa shape index (κ3) is 2.44. The Morgan fingerprint density at radius 2 is 2.07 bits per heavy atom. The van der Waals surface area contributed by atoms with Crippen LogP contribution >= 0.6 is 11.6 Å². The molecule has 1 aromatic rings. The van der Waals surface area contributed by atoms with E-state index in [4.69, 9.17) is 21.1 Å². The second-order valence-corrected chi connectivity index (χ2v) is 4.21. The summed E-state index contributed by atoms with van der Waals surface area (Å²) in [6.45, 7) is 1.67. The maximum Gasteiger partial charge on any atom is 0.122 e. The molecule has 0 radical (unpaired) electrons. The van der Waals surface area contributed by atoms with Crippen LogP contribution in [0.4, 0.5) is 0 Å². The Balaban J connectivity index is 2.27. The van der Waals surface area contributed by atoms with E-state index in [-0.39, 0.29) is 0 Å². The normalized spacial score (nSPS) is 17.7. The molecule has 1 aliphatic heterocycles. The van der Waals surface area contributed by atoms with E-state index >= 15 is 0 Å². The molecule has 0 saturated carbocycles. The fraction of sp³-hybridized carbons (Fsp3) is 0.500. The molecule has 1 fully saturated rings. The summed E-state index contributed by atoms with van der Waals surface area (Å²) in [5.41, 5.74) is 1.22. The number of halogens is 1.